The van der Waals surface area contributed by atoms with Crippen molar-refractivity contribution in [3.05, 3.63) is 22.8 Å². The average molecular weight is 251 g/mol. The van der Waals surface area contributed by atoms with Crippen molar-refractivity contribution in [2.75, 3.05) is 13.1 Å². The molecule has 0 aromatic carbocycles. The second kappa shape index (κ2) is 6.19. The van der Waals surface area contributed by atoms with E-state index in [1.165, 1.54) is 0 Å². The second-order valence-corrected chi connectivity index (χ2v) is 5.66. The van der Waals surface area contributed by atoms with E-state index in [1.54, 1.807) is 4.90 Å². The molecule has 0 aromatic heterocycles. The SMILES string of the molecule is CC(C)=C(C(=O)N1CC[C@H](O)C1)/C(C)=C/C(C)C. The fraction of sp³-hybridized carbons (Fsp3) is 0.667. The zero-order valence-corrected chi connectivity index (χ0v) is 12.2. The van der Waals surface area contributed by atoms with Crippen LogP contribution in [0.2, 0.25) is 0 Å². The molecule has 1 atom stereocenters. The summed E-state index contributed by atoms with van der Waals surface area (Å²) < 4.78 is 0. The van der Waals surface area contributed by atoms with Crippen molar-refractivity contribution < 1.29 is 9.90 Å². The summed E-state index contributed by atoms with van der Waals surface area (Å²) in [6.45, 7) is 11.3. The number of β-amino-alcohol motifs (C(OH)–C–C–N with tert-alkyl or cyclic N) is 1. The van der Waals surface area contributed by atoms with Gasteiger partial charge in [0.15, 0.2) is 0 Å². The highest BCUT2D eigenvalue weighted by atomic mass is 16.3. The molecule has 1 amide bonds. The molecule has 1 aliphatic heterocycles. The highest BCUT2D eigenvalue weighted by Gasteiger charge is 2.27. The molecule has 0 unspecified atom stereocenters. The van der Waals surface area contributed by atoms with E-state index >= 15 is 0 Å². The third-order valence-electron chi connectivity index (χ3n) is 3.14. The van der Waals surface area contributed by atoms with Crippen molar-refractivity contribution in [2.24, 2.45) is 5.92 Å². The number of carbonyl (C=O) groups excluding carboxylic acids is 1. The predicted octanol–water partition coefficient (Wildman–Crippen LogP) is 2.52. The first kappa shape index (κ1) is 15.0. The van der Waals surface area contributed by atoms with Crippen molar-refractivity contribution in [1.82, 2.24) is 4.90 Å². The molecule has 1 N–H and O–H groups in total. The molecule has 1 rings (SSSR count). The Bertz CT molecular complexity index is 376. The first-order valence-corrected chi connectivity index (χ1v) is 6.66. The highest BCUT2D eigenvalue weighted by molar-refractivity contribution is 5.98. The van der Waals surface area contributed by atoms with Crippen LogP contribution in [0.1, 0.15) is 41.0 Å². The van der Waals surface area contributed by atoms with Crippen molar-refractivity contribution >= 4 is 5.91 Å². The highest BCUT2D eigenvalue weighted by Crippen LogP contribution is 2.21. The summed E-state index contributed by atoms with van der Waals surface area (Å²) in [6, 6.07) is 0. The van der Waals surface area contributed by atoms with E-state index in [4.69, 9.17) is 0 Å². The smallest absolute Gasteiger partial charge is 0.254 e. The van der Waals surface area contributed by atoms with Gasteiger partial charge in [-0.05, 0) is 38.7 Å². The van der Waals surface area contributed by atoms with Gasteiger partial charge in [0.05, 0.1) is 6.10 Å². The molecular formula is C15H25NO2. The van der Waals surface area contributed by atoms with Gasteiger partial charge in [-0.2, -0.15) is 0 Å². The van der Waals surface area contributed by atoms with Crippen LogP contribution in [0.25, 0.3) is 0 Å². The number of likely N-dealkylation sites (tertiary alicyclic amines) is 1. The Morgan fingerprint density at radius 2 is 1.94 bits per heavy atom. The van der Waals surface area contributed by atoms with Crippen LogP contribution in [0.5, 0.6) is 0 Å². The second-order valence-electron chi connectivity index (χ2n) is 5.66. The molecule has 3 nitrogen and oxygen atoms in total. The van der Waals surface area contributed by atoms with Gasteiger partial charge in [-0.15, -0.1) is 0 Å². The van der Waals surface area contributed by atoms with Crippen LogP contribution in [0.15, 0.2) is 22.8 Å². The van der Waals surface area contributed by atoms with E-state index in [9.17, 15) is 9.90 Å². The molecule has 0 aliphatic carbocycles. The first-order valence-electron chi connectivity index (χ1n) is 6.66. The molecule has 1 saturated heterocycles. The Kier molecular flexibility index (Phi) is 5.15. The number of nitrogens with zero attached hydrogens (tertiary/aromatic N) is 1. The van der Waals surface area contributed by atoms with Crippen molar-refractivity contribution in [2.45, 2.75) is 47.1 Å². The minimum Gasteiger partial charge on any atom is -0.391 e. The molecule has 0 spiro atoms. The standard InChI is InChI=1S/C15H25NO2/c1-10(2)8-12(5)14(11(3)4)15(18)16-7-6-13(17)9-16/h8,10,13,17H,6-7,9H2,1-5H3/b12-8+/t13-/m0/s1. The number of hydrogen-bond acceptors (Lipinski definition) is 2. The lowest BCUT2D eigenvalue weighted by Crippen LogP contribution is -2.31. The van der Waals surface area contributed by atoms with Crippen LogP contribution >= 0.6 is 0 Å². The molecular weight excluding hydrogens is 226 g/mol. The van der Waals surface area contributed by atoms with E-state index in [-0.39, 0.29) is 12.0 Å². The zero-order chi connectivity index (χ0) is 13.9. The van der Waals surface area contributed by atoms with E-state index in [0.717, 1.165) is 16.7 Å². The average Bonchev–Trinajstić information content (AvgIpc) is 2.62. The van der Waals surface area contributed by atoms with Crippen LogP contribution in [-0.2, 0) is 4.79 Å². The Hall–Kier alpha value is -1.09. The lowest BCUT2D eigenvalue weighted by atomic mass is 9.98. The first-order chi connectivity index (χ1) is 8.32. The Morgan fingerprint density at radius 1 is 1.33 bits per heavy atom. The largest absolute Gasteiger partial charge is 0.391 e. The van der Waals surface area contributed by atoms with Crippen LogP contribution in [0, 0.1) is 5.92 Å². The van der Waals surface area contributed by atoms with E-state index in [0.29, 0.717) is 25.4 Å². The Morgan fingerprint density at radius 3 is 2.33 bits per heavy atom. The number of aliphatic hydroxyl groups is 1. The quantitative estimate of drug-likeness (QED) is 0.618. The van der Waals surface area contributed by atoms with Crippen LogP contribution in [-0.4, -0.2) is 35.1 Å². The summed E-state index contributed by atoms with van der Waals surface area (Å²) in [7, 11) is 0. The van der Waals surface area contributed by atoms with Crippen molar-refractivity contribution in [1.29, 1.82) is 0 Å². The lowest BCUT2D eigenvalue weighted by molar-refractivity contribution is -0.126. The van der Waals surface area contributed by atoms with Gasteiger partial charge in [0.1, 0.15) is 0 Å². The minimum atomic E-state index is -0.359. The zero-order valence-electron chi connectivity index (χ0n) is 12.2. The van der Waals surface area contributed by atoms with Gasteiger partial charge in [-0.25, -0.2) is 0 Å². The van der Waals surface area contributed by atoms with Crippen molar-refractivity contribution in [3.63, 3.8) is 0 Å². The summed E-state index contributed by atoms with van der Waals surface area (Å²) in [4.78, 5) is 14.2. The molecule has 1 aliphatic rings. The van der Waals surface area contributed by atoms with Gasteiger partial charge in [-0.3, -0.25) is 4.79 Å². The Balaban J connectivity index is 2.94. The summed E-state index contributed by atoms with van der Waals surface area (Å²) in [5, 5.41) is 9.53. The molecule has 1 heterocycles. The summed E-state index contributed by atoms with van der Waals surface area (Å²) in [6.07, 6.45) is 2.45. The molecule has 0 bridgehead atoms. The third kappa shape index (κ3) is 3.70. The fourth-order valence-corrected chi connectivity index (χ4v) is 2.44. The van der Waals surface area contributed by atoms with E-state index < -0.39 is 0 Å². The van der Waals surface area contributed by atoms with Gasteiger partial charge >= 0.3 is 0 Å². The van der Waals surface area contributed by atoms with Gasteiger partial charge < -0.3 is 10.0 Å². The molecule has 18 heavy (non-hydrogen) atoms. The molecule has 0 aromatic rings. The maximum absolute atomic E-state index is 12.5. The lowest BCUT2D eigenvalue weighted by Gasteiger charge is -2.20. The summed E-state index contributed by atoms with van der Waals surface area (Å²) in [5.41, 5.74) is 2.88. The van der Waals surface area contributed by atoms with Gasteiger partial charge in [-0.1, -0.05) is 25.5 Å². The maximum atomic E-state index is 12.5. The molecule has 3 heteroatoms. The maximum Gasteiger partial charge on any atom is 0.254 e. The van der Waals surface area contributed by atoms with E-state index in [1.807, 2.05) is 20.8 Å². The van der Waals surface area contributed by atoms with Gasteiger partial charge in [0.25, 0.3) is 5.91 Å². The van der Waals surface area contributed by atoms with Crippen molar-refractivity contribution in [3.8, 4) is 0 Å². The van der Waals surface area contributed by atoms with Gasteiger partial charge in [0.2, 0.25) is 0 Å². The number of hydrogen-bond donors (Lipinski definition) is 1. The Labute approximate surface area is 110 Å². The molecule has 102 valence electrons. The topological polar surface area (TPSA) is 40.5 Å². The number of allylic oxidation sites excluding steroid dienone is 2. The molecule has 0 saturated carbocycles. The summed E-state index contributed by atoms with van der Waals surface area (Å²) >= 11 is 0. The van der Waals surface area contributed by atoms with Crippen LogP contribution < -0.4 is 0 Å². The van der Waals surface area contributed by atoms with Gasteiger partial charge in [0, 0.05) is 18.7 Å². The fourth-order valence-electron chi connectivity index (χ4n) is 2.44. The number of aliphatic hydroxyl groups excluding tert-OH is 1. The predicted molar refractivity (Wildman–Crippen MR) is 74.2 cm³/mol. The monoisotopic (exact) mass is 251 g/mol. The van der Waals surface area contributed by atoms with Crippen LogP contribution in [0.3, 0.4) is 0 Å². The number of rotatable bonds is 3. The number of amides is 1. The summed E-state index contributed by atoms with van der Waals surface area (Å²) in [5.74, 6) is 0.484. The van der Waals surface area contributed by atoms with E-state index in [2.05, 4.69) is 19.9 Å². The normalized spacial score (nSPS) is 20.5. The molecule has 1 fully saturated rings. The minimum absolute atomic E-state index is 0.0564. The third-order valence-corrected chi connectivity index (χ3v) is 3.14. The number of carbonyl (C=O) groups is 1. The molecule has 0 radical (unpaired) electrons. The van der Waals surface area contributed by atoms with Crippen LogP contribution in [0.4, 0.5) is 0 Å².